The minimum atomic E-state index is -0.882. The third kappa shape index (κ3) is 6.61. The van der Waals surface area contributed by atoms with Crippen molar-refractivity contribution in [3.63, 3.8) is 0 Å². The number of ether oxygens (including phenoxy) is 2. The van der Waals surface area contributed by atoms with E-state index in [1.165, 1.54) is 25.2 Å². The first-order valence-electron chi connectivity index (χ1n) is 11.8. The summed E-state index contributed by atoms with van der Waals surface area (Å²) in [7, 11) is 3.57. The van der Waals surface area contributed by atoms with Gasteiger partial charge in [-0.15, -0.1) is 0 Å². The lowest BCUT2D eigenvalue weighted by Gasteiger charge is -2.15. The van der Waals surface area contributed by atoms with Crippen molar-refractivity contribution >= 4 is 45.6 Å². The molecule has 10 heteroatoms. The fraction of sp³-hybridized carbons (Fsp3) is 0.346. The smallest absolute Gasteiger partial charge is 0.284 e. The van der Waals surface area contributed by atoms with Gasteiger partial charge < -0.3 is 25.0 Å². The fourth-order valence-corrected chi connectivity index (χ4v) is 3.65. The molecule has 1 aliphatic carbocycles. The van der Waals surface area contributed by atoms with Crippen LogP contribution in [0.1, 0.15) is 19.8 Å². The summed E-state index contributed by atoms with van der Waals surface area (Å²) in [6.45, 7) is 3.15. The molecule has 0 spiro atoms. The van der Waals surface area contributed by atoms with Gasteiger partial charge in [0.25, 0.3) is 5.91 Å². The number of rotatable bonds is 11. The van der Waals surface area contributed by atoms with Crippen LogP contribution in [0.5, 0.6) is 11.5 Å². The number of carbonyl (C=O) groups is 1. The van der Waals surface area contributed by atoms with Gasteiger partial charge in [0.15, 0.2) is 5.83 Å². The number of benzene rings is 2. The number of nitrogens with one attached hydrogen (secondary N) is 2. The topological polar surface area (TPSA) is 88.6 Å². The van der Waals surface area contributed by atoms with E-state index in [1.807, 2.05) is 19.1 Å². The van der Waals surface area contributed by atoms with Crippen LogP contribution in [0, 0.1) is 5.92 Å². The molecule has 0 radical (unpaired) electrons. The van der Waals surface area contributed by atoms with E-state index >= 15 is 0 Å². The van der Waals surface area contributed by atoms with Gasteiger partial charge in [-0.25, -0.2) is 14.4 Å². The Kier molecular flexibility index (Phi) is 8.22. The van der Waals surface area contributed by atoms with Gasteiger partial charge in [0.2, 0.25) is 0 Å². The highest BCUT2D eigenvalue weighted by Crippen LogP contribution is 2.36. The van der Waals surface area contributed by atoms with Gasteiger partial charge in [0.1, 0.15) is 23.6 Å². The standard InChI is InChI=1S/C26H29ClFN5O3/c1-4-35-24-13-21-18(12-22(24)32-26(34)20(28)9-10-33(2)3)25(30-15-29-21)31-17-7-8-23(19(27)11-17)36-14-16-5-6-16/h7-9,11-13,15-16H,4-6,10,14H2,1-3H3,(H,32,34)(H,29,30,31)/b20-9-. The zero-order valence-corrected chi connectivity index (χ0v) is 21.2. The summed E-state index contributed by atoms with van der Waals surface area (Å²) in [6, 6.07) is 8.78. The molecule has 2 N–H and O–H groups in total. The monoisotopic (exact) mass is 513 g/mol. The van der Waals surface area contributed by atoms with Crippen molar-refractivity contribution in [3.05, 3.63) is 53.6 Å². The average Bonchev–Trinajstić information content (AvgIpc) is 3.67. The number of amides is 1. The van der Waals surface area contributed by atoms with Gasteiger partial charge in [0, 0.05) is 23.7 Å². The Morgan fingerprint density at radius 2 is 2.00 bits per heavy atom. The van der Waals surface area contributed by atoms with Crippen molar-refractivity contribution in [2.75, 3.05) is 44.5 Å². The summed E-state index contributed by atoms with van der Waals surface area (Å²) in [5.41, 5.74) is 1.60. The maximum atomic E-state index is 14.3. The first kappa shape index (κ1) is 25.7. The molecule has 0 aliphatic heterocycles. The molecule has 1 fully saturated rings. The molecule has 0 atom stereocenters. The number of hydrogen-bond acceptors (Lipinski definition) is 7. The van der Waals surface area contributed by atoms with Crippen LogP contribution >= 0.6 is 11.6 Å². The Hall–Kier alpha value is -3.43. The number of aromatic nitrogens is 2. The molecule has 1 heterocycles. The summed E-state index contributed by atoms with van der Waals surface area (Å²) >= 11 is 6.42. The Balaban J connectivity index is 1.60. The molecule has 0 unspecified atom stereocenters. The van der Waals surface area contributed by atoms with Crippen LogP contribution in [0.3, 0.4) is 0 Å². The van der Waals surface area contributed by atoms with Gasteiger partial charge in [-0.3, -0.25) is 4.79 Å². The van der Waals surface area contributed by atoms with E-state index in [0.717, 1.165) is 0 Å². The van der Waals surface area contributed by atoms with Gasteiger partial charge in [-0.1, -0.05) is 11.6 Å². The Morgan fingerprint density at radius 1 is 1.19 bits per heavy atom. The summed E-state index contributed by atoms with van der Waals surface area (Å²) in [5.74, 6) is 0.384. The highest BCUT2D eigenvalue weighted by molar-refractivity contribution is 6.32. The van der Waals surface area contributed by atoms with E-state index in [1.54, 1.807) is 37.2 Å². The van der Waals surface area contributed by atoms with Gasteiger partial charge in [-0.2, -0.15) is 0 Å². The van der Waals surface area contributed by atoms with E-state index in [0.29, 0.717) is 70.3 Å². The summed E-state index contributed by atoms with van der Waals surface area (Å²) in [5, 5.41) is 6.95. The second-order valence-corrected chi connectivity index (χ2v) is 9.22. The summed E-state index contributed by atoms with van der Waals surface area (Å²) in [6.07, 6.45) is 5.04. The van der Waals surface area contributed by atoms with E-state index in [9.17, 15) is 9.18 Å². The van der Waals surface area contributed by atoms with Crippen LogP contribution in [0.15, 0.2) is 48.6 Å². The molecular formula is C26H29ClFN5O3. The van der Waals surface area contributed by atoms with Crippen molar-refractivity contribution in [3.8, 4) is 11.5 Å². The Morgan fingerprint density at radius 3 is 2.69 bits per heavy atom. The van der Waals surface area contributed by atoms with Crippen molar-refractivity contribution < 1.29 is 18.7 Å². The molecule has 8 nitrogen and oxygen atoms in total. The number of carbonyl (C=O) groups excluding carboxylic acids is 1. The molecule has 0 bridgehead atoms. The molecule has 1 amide bonds. The minimum absolute atomic E-state index is 0.296. The molecule has 190 valence electrons. The number of nitrogens with zero attached hydrogens (tertiary/aromatic N) is 3. The molecule has 1 aliphatic rings. The van der Waals surface area contributed by atoms with E-state index in [2.05, 4.69) is 20.6 Å². The third-order valence-electron chi connectivity index (χ3n) is 5.50. The number of halogens is 2. The molecule has 3 aromatic rings. The summed E-state index contributed by atoms with van der Waals surface area (Å²) in [4.78, 5) is 22.9. The van der Waals surface area contributed by atoms with Gasteiger partial charge >= 0.3 is 0 Å². The van der Waals surface area contributed by atoms with Crippen molar-refractivity contribution in [2.24, 2.45) is 5.92 Å². The zero-order valence-electron chi connectivity index (χ0n) is 20.5. The SMILES string of the molecule is CCOc1cc2ncnc(Nc3ccc(OCC4CC4)c(Cl)c3)c2cc1NC(=O)/C(F)=C/CN(C)C. The number of fused-ring (bicyclic) bond motifs is 1. The van der Waals surface area contributed by atoms with Crippen molar-refractivity contribution in [2.45, 2.75) is 19.8 Å². The first-order chi connectivity index (χ1) is 17.3. The molecule has 1 aromatic heterocycles. The Labute approximate surface area is 214 Å². The van der Waals surface area contributed by atoms with Crippen LogP contribution in [0.4, 0.5) is 21.6 Å². The predicted octanol–water partition coefficient (Wildman–Crippen LogP) is 5.57. The van der Waals surface area contributed by atoms with E-state index < -0.39 is 11.7 Å². The lowest BCUT2D eigenvalue weighted by Crippen LogP contribution is -2.16. The molecular weight excluding hydrogens is 485 g/mol. The third-order valence-corrected chi connectivity index (χ3v) is 5.80. The maximum Gasteiger partial charge on any atom is 0.284 e. The first-order valence-corrected chi connectivity index (χ1v) is 12.1. The lowest BCUT2D eigenvalue weighted by molar-refractivity contribution is -0.114. The zero-order chi connectivity index (χ0) is 25.7. The molecule has 4 rings (SSSR count). The highest BCUT2D eigenvalue weighted by atomic mass is 35.5. The van der Waals surface area contributed by atoms with E-state index in [-0.39, 0.29) is 0 Å². The van der Waals surface area contributed by atoms with Crippen LogP contribution < -0.4 is 20.1 Å². The molecule has 1 saturated carbocycles. The number of hydrogen-bond donors (Lipinski definition) is 2. The van der Waals surface area contributed by atoms with Crippen LogP contribution in [0.25, 0.3) is 10.9 Å². The van der Waals surface area contributed by atoms with Gasteiger partial charge in [0.05, 0.1) is 29.4 Å². The number of likely N-dealkylation sites (N-methyl/N-ethyl adjacent to an activating group) is 1. The van der Waals surface area contributed by atoms with Gasteiger partial charge in [-0.05, 0) is 70.1 Å². The average molecular weight is 514 g/mol. The molecule has 2 aromatic carbocycles. The predicted molar refractivity (Wildman–Crippen MR) is 140 cm³/mol. The highest BCUT2D eigenvalue weighted by Gasteiger charge is 2.22. The van der Waals surface area contributed by atoms with Crippen LogP contribution in [-0.2, 0) is 4.79 Å². The largest absolute Gasteiger partial charge is 0.492 e. The maximum absolute atomic E-state index is 14.3. The van der Waals surface area contributed by atoms with Crippen molar-refractivity contribution in [1.29, 1.82) is 0 Å². The number of anilines is 3. The lowest BCUT2D eigenvalue weighted by atomic mass is 10.1. The quantitative estimate of drug-likeness (QED) is 0.324. The second-order valence-electron chi connectivity index (χ2n) is 8.81. The van der Waals surface area contributed by atoms with Crippen LogP contribution in [0.2, 0.25) is 5.02 Å². The van der Waals surface area contributed by atoms with E-state index in [4.69, 9.17) is 21.1 Å². The molecule has 0 saturated heterocycles. The van der Waals surface area contributed by atoms with Crippen molar-refractivity contribution in [1.82, 2.24) is 14.9 Å². The van der Waals surface area contributed by atoms with Crippen LogP contribution in [-0.4, -0.2) is 54.6 Å². The second kappa shape index (κ2) is 11.5. The molecule has 36 heavy (non-hydrogen) atoms. The normalized spacial score (nSPS) is 13.7. The fourth-order valence-electron chi connectivity index (χ4n) is 3.42. The Bertz CT molecular complexity index is 1280. The summed E-state index contributed by atoms with van der Waals surface area (Å²) < 4.78 is 25.8. The minimum Gasteiger partial charge on any atom is -0.492 e.